The van der Waals surface area contributed by atoms with Crippen LogP contribution in [0.2, 0.25) is 0 Å². The molecule has 0 unspecified atom stereocenters. The van der Waals surface area contributed by atoms with E-state index in [0.717, 1.165) is 41.3 Å². The molecule has 2 N–H and O–H groups in total. The van der Waals surface area contributed by atoms with Crippen LogP contribution in [-0.2, 0) is 6.42 Å². The summed E-state index contributed by atoms with van der Waals surface area (Å²) in [6, 6.07) is 11.4. The first-order valence-corrected chi connectivity index (χ1v) is 8.20. The molecule has 0 radical (unpaired) electrons. The molecule has 2 aromatic carbocycles. The highest BCUT2D eigenvalue weighted by Gasteiger charge is 2.16. The fraction of sp³-hybridized carbons (Fsp3) is 0.368. The van der Waals surface area contributed by atoms with Crippen molar-refractivity contribution in [3.63, 3.8) is 0 Å². The highest BCUT2D eigenvalue weighted by molar-refractivity contribution is 5.45. The van der Waals surface area contributed by atoms with Crippen LogP contribution in [0.5, 0.6) is 23.0 Å². The van der Waals surface area contributed by atoms with E-state index in [-0.39, 0.29) is 6.79 Å². The quantitative estimate of drug-likeness (QED) is 0.716. The Morgan fingerprint density at radius 1 is 1.04 bits per heavy atom. The summed E-state index contributed by atoms with van der Waals surface area (Å²) >= 11 is 0. The lowest BCUT2D eigenvalue weighted by molar-refractivity contribution is 0.170. The van der Waals surface area contributed by atoms with Gasteiger partial charge < -0.3 is 29.4 Å². The highest BCUT2D eigenvalue weighted by atomic mass is 16.7. The molecule has 134 valence electrons. The number of methoxy groups -OCH3 is 2. The van der Waals surface area contributed by atoms with Gasteiger partial charge in [0, 0.05) is 6.54 Å². The van der Waals surface area contributed by atoms with Crippen molar-refractivity contribution in [1.29, 1.82) is 0 Å². The Bertz CT molecular complexity index is 719. The topological polar surface area (TPSA) is 69.2 Å². The van der Waals surface area contributed by atoms with Gasteiger partial charge in [-0.25, -0.2) is 0 Å². The van der Waals surface area contributed by atoms with Gasteiger partial charge in [-0.3, -0.25) is 0 Å². The van der Waals surface area contributed by atoms with Crippen LogP contribution in [0, 0.1) is 0 Å². The lowest BCUT2D eigenvalue weighted by Crippen LogP contribution is -2.23. The van der Waals surface area contributed by atoms with Crippen LogP contribution in [0.25, 0.3) is 0 Å². The van der Waals surface area contributed by atoms with Crippen molar-refractivity contribution in [3.8, 4) is 23.0 Å². The molecule has 0 saturated heterocycles. The Morgan fingerprint density at radius 2 is 1.84 bits per heavy atom. The summed E-state index contributed by atoms with van der Waals surface area (Å²) in [4.78, 5) is 0. The maximum atomic E-state index is 10.3. The van der Waals surface area contributed by atoms with Crippen LogP contribution >= 0.6 is 0 Å². The Morgan fingerprint density at radius 3 is 2.64 bits per heavy atom. The van der Waals surface area contributed by atoms with E-state index in [9.17, 15) is 5.11 Å². The van der Waals surface area contributed by atoms with Gasteiger partial charge in [0.05, 0.1) is 20.3 Å². The Labute approximate surface area is 147 Å². The average molecular weight is 345 g/mol. The molecular formula is C19H23NO5. The molecule has 1 aliphatic heterocycles. The van der Waals surface area contributed by atoms with Gasteiger partial charge in [0.2, 0.25) is 6.79 Å². The second-order valence-electron chi connectivity index (χ2n) is 5.77. The minimum absolute atomic E-state index is 0.235. The van der Waals surface area contributed by atoms with Crippen LogP contribution < -0.4 is 24.3 Å². The van der Waals surface area contributed by atoms with E-state index in [0.29, 0.717) is 12.3 Å². The summed E-state index contributed by atoms with van der Waals surface area (Å²) in [5.74, 6) is 2.84. The molecule has 0 aromatic heterocycles. The molecule has 0 bridgehead atoms. The van der Waals surface area contributed by atoms with Gasteiger partial charge in [-0.2, -0.15) is 0 Å². The van der Waals surface area contributed by atoms with Crippen LogP contribution in [-0.4, -0.2) is 39.2 Å². The third-order valence-electron chi connectivity index (χ3n) is 4.16. The smallest absolute Gasteiger partial charge is 0.231 e. The molecular weight excluding hydrogens is 322 g/mol. The van der Waals surface area contributed by atoms with Crippen molar-refractivity contribution in [2.24, 2.45) is 0 Å². The molecule has 0 amide bonds. The van der Waals surface area contributed by atoms with E-state index >= 15 is 0 Å². The van der Waals surface area contributed by atoms with Crippen LogP contribution in [0.15, 0.2) is 36.4 Å². The van der Waals surface area contributed by atoms with Crippen molar-refractivity contribution in [2.45, 2.75) is 12.5 Å². The second kappa shape index (κ2) is 8.09. The lowest BCUT2D eigenvalue weighted by Gasteiger charge is -2.13. The van der Waals surface area contributed by atoms with E-state index in [4.69, 9.17) is 18.9 Å². The maximum absolute atomic E-state index is 10.3. The van der Waals surface area contributed by atoms with E-state index < -0.39 is 6.10 Å². The monoisotopic (exact) mass is 345 g/mol. The fourth-order valence-electron chi connectivity index (χ4n) is 2.75. The average Bonchev–Trinajstić information content (AvgIpc) is 3.12. The summed E-state index contributed by atoms with van der Waals surface area (Å²) in [6.07, 6.45) is 0.230. The normalized spacial score (nSPS) is 13.6. The summed E-state index contributed by atoms with van der Waals surface area (Å²) in [7, 11) is 3.25. The van der Waals surface area contributed by atoms with Crippen molar-refractivity contribution in [1.82, 2.24) is 5.32 Å². The zero-order valence-electron chi connectivity index (χ0n) is 14.5. The van der Waals surface area contributed by atoms with Gasteiger partial charge in [0.25, 0.3) is 0 Å². The van der Waals surface area contributed by atoms with E-state index in [1.165, 1.54) is 0 Å². The minimum Gasteiger partial charge on any atom is -0.493 e. The minimum atomic E-state index is -0.597. The third kappa shape index (κ3) is 4.15. The largest absolute Gasteiger partial charge is 0.493 e. The molecule has 3 rings (SSSR count). The van der Waals surface area contributed by atoms with E-state index in [2.05, 4.69) is 5.32 Å². The molecule has 25 heavy (non-hydrogen) atoms. The van der Waals surface area contributed by atoms with E-state index in [1.54, 1.807) is 14.2 Å². The third-order valence-corrected chi connectivity index (χ3v) is 4.16. The van der Waals surface area contributed by atoms with Crippen molar-refractivity contribution < 1.29 is 24.1 Å². The number of aliphatic hydroxyl groups is 1. The van der Waals surface area contributed by atoms with Gasteiger partial charge in [0.1, 0.15) is 0 Å². The molecule has 1 heterocycles. The van der Waals surface area contributed by atoms with E-state index in [1.807, 2.05) is 36.4 Å². The predicted octanol–water partition coefficient (Wildman–Crippen LogP) is 2.30. The number of aliphatic hydroxyl groups excluding tert-OH is 1. The first kappa shape index (κ1) is 17.4. The summed E-state index contributed by atoms with van der Waals surface area (Å²) in [5, 5.41) is 13.6. The number of hydrogen-bond acceptors (Lipinski definition) is 6. The Hall–Kier alpha value is -2.44. The molecule has 0 saturated carbocycles. The molecule has 6 heteroatoms. The molecule has 1 atom stereocenters. The van der Waals surface area contributed by atoms with Gasteiger partial charge in [-0.05, 0) is 48.4 Å². The first-order chi connectivity index (χ1) is 12.2. The van der Waals surface area contributed by atoms with Gasteiger partial charge in [-0.15, -0.1) is 0 Å². The second-order valence-corrected chi connectivity index (χ2v) is 5.77. The van der Waals surface area contributed by atoms with Crippen LogP contribution in [0.4, 0.5) is 0 Å². The Balaban J connectivity index is 1.48. The Kier molecular flexibility index (Phi) is 5.63. The summed E-state index contributed by atoms with van der Waals surface area (Å²) in [6.45, 7) is 1.45. The molecule has 2 aromatic rings. The maximum Gasteiger partial charge on any atom is 0.231 e. The fourth-order valence-corrected chi connectivity index (χ4v) is 2.75. The number of nitrogens with one attached hydrogen (secondary N) is 1. The van der Waals surface area contributed by atoms with Gasteiger partial charge >= 0.3 is 0 Å². The van der Waals surface area contributed by atoms with Crippen molar-refractivity contribution in [2.75, 3.05) is 34.1 Å². The predicted molar refractivity (Wildman–Crippen MR) is 93.6 cm³/mol. The van der Waals surface area contributed by atoms with Gasteiger partial charge in [0.15, 0.2) is 23.0 Å². The van der Waals surface area contributed by atoms with Gasteiger partial charge in [-0.1, -0.05) is 12.1 Å². The first-order valence-electron chi connectivity index (χ1n) is 8.20. The van der Waals surface area contributed by atoms with Crippen molar-refractivity contribution >= 4 is 0 Å². The zero-order valence-corrected chi connectivity index (χ0v) is 14.5. The molecule has 6 nitrogen and oxygen atoms in total. The standard InChI is InChI=1S/C19H23NO5/c1-22-16-5-3-13(9-18(16)23-2)7-8-20-11-15(21)14-4-6-17-19(10-14)25-12-24-17/h3-6,9-10,15,20-21H,7-8,11-12H2,1-2H3/t15-/m0/s1. The molecule has 1 aliphatic rings. The molecule has 0 aliphatic carbocycles. The SMILES string of the molecule is COc1ccc(CCNC[C@H](O)c2ccc3c(c2)OCO3)cc1OC. The summed E-state index contributed by atoms with van der Waals surface area (Å²) < 4.78 is 21.2. The highest BCUT2D eigenvalue weighted by Crippen LogP contribution is 2.34. The molecule has 0 spiro atoms. The summed E-state index contributed by atoms with van der Waals surface area (Å²) in [5.41, 5.74) is 1.95. The number of ether oxygens (including phenoxy) is 4. The zero-order chi connectivity index (χ0) is 17.6. The number of benzene rings is 2. The van der Waals surface area contributed by atoms with Crippen LogP contribution in [0.3, 0.4) is 0 Å². The molecule has 0 fully saturated rings. The number of rotatable bonds is 8. The van der Waals surface area contributed by atoms with Crippen molar-refractivity contribution in [3.05, 3.63) is 47.5 Å². The lowest BCUT2D eigenvalue weighted by atomic mass is 10.1. The van der Waals surface area contributed by atoms with Crippen LogP contribution in [0.1, 0.15) is 17.2 Å². The number of hydrogen-bond donors (Lipinski definition) is 2. The number of fused-ring (bicyclic) bond motifs is 1.